The fraction of sp³-hybridized carbons (Fsp3) is 0.316. The van der Waals surface area contributed by atoms with Gasteiger partial charge >= 0.3 is 0 Å². The Kier molecular flexibility index (Phi) is 3.42. The van der Waals surface area contributed by atoms with Crippen LogP contribution < -0.4 is 10.5 Å². The van der Waals surface area contributed by atoms with E-state index in [0.717, 1.165) is 29.5 Å². The molecule has 0 saturated heterocycles. The molecular weight excluding hydrogens is 293 g/mol. The molecule has 2 N–H and O–H groups in total. The second-order valence-corrected chi connectivity index (χ2v) is 6.30. The number of hydrogen-bond acceptors (Lipinski definition) is 3. The van der Waals surface area contributed by atoms with Crippen molar-refractivity contribution in [2.45, 2.75) is 25.4 Å². The Hall–Kier alpha value is -2.20. The molecule has 1 aliphatic heterocycles. The molecule has 1 fully saturated rings. The molecule has 1 heterocycles. The molecule has 0 radical (unpaired) electrons. The van der Waals surface area contributed by atoms with Crippen molar-refractivity contribution in [3.8, 4) is 16.9 Å². The van der Waals surface area contributed by atoms with Crippen LogP contribution in [0.5, 0.6) is 5.75 Å². The van der Waals surface area contributed by atoms with Crippen molar-refractivity contribution in [2.75, 3.05) is 6.54 Å². The van der Waals surface area contributed by atoms with Crippen LogP contribution in [0, 0.1) is 11.7 Å². The molecule has 118 valence electrons. The molecule has 1 saturated carbocycles. The molecule has 1 aliphatic carbocycles. The van der Waals surface area contributed by atoms with Crippen molar-refractivity contribution in [3.63, 3.8) is 0 Å². The Morgan fingerprint density at radius 1 is 1.17 bits per heavy atom. The molecule has 1 unspecified atom stereocenters. The Morgan fingerprint density at radius 2 is 1.91 bits per heavy atom. The molecule has 2 aromatic carbocycles. The van der Waals surface area contributed by atoms with E-state index in [1.165, 1.54) is 6.07 Å². The number of ether oxygens (including phenoxy) is 1. The highest BCUT2D eigenvalue weighted by Crippen LogP contribution is 2.40. The number of hydrogen-bond donors (Lipinski definition) is 1. The van der Waals surface area contributed by atoms with Crippen LogP contribution in [0.25, 0.3) is 11.1 Å². The van der Waals surface area contributed by atoms with E-state index in [1.54, 1.807) is 6.07 Å². The third-order valence-corrected chi connectivity index (χ3v) is 4.61. The van der Waals surface area contributed by atoms with E-state index < -0.39 is 0 Å². The lowest BCUT2D eigenvalue weighted by molar-refractivity contribution is 0.0967. The molecule has 2 aromatic rings. The summed E-state index contributed by atoms with van der Waals surface area (Å²) in [5.74, 6) is 0.770. The zero-order valence-corrected chi connectivity index (χ0v) is 12.7. The summed E-state index contributed by atoms with van der Waals surface area (Å²) in [4.78, 5) is 12.1. The lowest BCUT2D eigenvalue weighted by Gasteiger charge is -2.11. The number of rotatable bonds is 4. The summed E-state index contributed by atoms with van der Waals surface area (Å²) in [6.45, 7) is 0.363. The molecule has 2 aliphatic rings. The minimum Gasteiger partial charge on any atom is -0.488 e. The van der Waals surface area contributed by atoms with Crippen molar-refractivity contribution >= 4 is 5.78 Å². The monoisotopic (exact) mass is 311 g/mol. The molecule has 4 rings (SSSR count). The second kappa shape index (κ2) is 5.46. The maximum atomic E-state index is 14.0. The van der Waals surface area contributed by atoms with Crippen LogP contribution in [0.4, 0.5) is 4.39 Å². The van der Waals surface area contributed by atoms with Gasteiger partial charge in [-0.2, -0.15) is 0 Å². The first-order valence-corrected chi connectivity index (χ1v) is 8.00. The minimum absolute atomic E-state index is 0.170. The number of carbonyl (C=O) groups is 1. The first kappa shape index (κ1) is 14.4. The van der Waals surface area contributed by atoms with Crippen molar-refractivity contribution in [1.29, 1.82) is 0 Å². The predicted molar refractivity (Wildman–Crippen MR) is 86.1 cm³/mol. The molecule has 1 atom stereocenters. The summed E-state index contributed by atoms with van der Waals surface area (Å²) in [6, 6.07) is 10.7. The van der Waals surface area contributed by atoms with Gasteiger partial charge in [0.1, 0.15) is 17.7 Å². The molecule has 3 nitrogen and oxygen atoms in total. The average Bonchev–Trinajstić information content (AvgIpc) is 3.33. The van der Waals surface area contributed by atoms with Gasteiger partial charge in [-0.05, 0) is 30.5 Å². The van der Waals surface area contributed by atoms with Crippen molar-refractivity contribution in [1.82, 2.24) is 0 Å². The van der Waals surface area contributed by atoms with Gasteiger partial charge in [0.2, 0.25) is 0 Å². The van der Waals surface area contributed by atoms with Crippen LogP contribution >= 0.6 is 0 Å². The van der Waals surface area contributed by atoms with E-state index in [9.17, 15) is 9.18 Å². The zero-order valence-electron chi connectivity index (χ0n) is 12.7. The number of ketones is 1. The standard InChI is InChI=1S/C19H18FNO2/c20-17-8-7-15(19-16(17)9-14(10-21)23-19)11-1-3-12(4-2-11)18(22)13-5-6-13/h1-4,7-8,13-14H,5-6,9-10,21H2. The molecule has 4 heteroatoms. The van der Waals surface area contributed by atoms with Crippen LogP contribution in [-0.4, -0.2) is 18.4 Å². The fourth-order valence-corrected chi connectivity index (χ4v) is 3.12. The molecule has 23 heavy (non-hydrogen) atoms. The maximum Gasteiger partial charge on any atom is 0.165 e. The Bertz CT molecular complexity index is 766. The molecule has 0 spiro atoms. The van der Waals surface area contributed by atoms with E-state index >= 15 is 0 Å². The lowest BCUT2D eigenvalue weighted by Crippen LogP contribution is -2.24. The van der Waals surface area contributed by atoms with Gasteiger partial charge in [-0.15, -0.1) is 0 Å². The highest BCUT2D eigenvalue weighted by molar-refractivity contribution is 5.99. The largest absolute Gasteiger partial charge is 0.488 e. The van der Waals surface area contributed by atoms with Crippen LogP contribution in [0.15, 0.2) is 36.4 Å². The molecular formula is C19H18FNO2. The topological polar surface area (TPSA) is 52.3 Å². The van der Waals surface area contributed by atoms with Crippen LogP contribution in [-0.2, 0) is 6.42 Å². The maximum absolute atomic E-state index is 14.0. The number of benzene rings is 2. The summed E-state index contributed by atoms with van der Waals surface area (Å²) in [5.41, 5.74) is 8.77. The molecule has 0 bridgehead atoms. The van der Waals surface area contributed by atoms with E-state index in [-0.39, 0.29) is 23.6 Å². The normalized spacial score (nSPS) is 19.3. The summed E-state index contributed by atoms with van der Waals surface area (Å²) < 4.78 is 19.8. The van der Waals surface area contributed by atoms with Crippen LogP contribution in [0.3, 0.4) is 0 Å². The lowest BCUT2D eigenvalue weighted by atomic mass is 9.98. The highest BCUT2D eigenvalue weighted by atomic mass is 19.1. The number of halogens is 1. The van der Waals surface area contributed by atoms with E-state index in [1.807, 2.05) is 24.3 Å². The van der Waals surface area contributed by atoms with Gasteiger partial charge in [0.05, 0.1) is 0 Å². The summed E-state index contributed by atoms with van der Waals surface area (Å²) >= 11 is 0. The number of carbonyl (C=O) groups excluding carboxylic acids is 1. The van der Waals surface area contributed by atoms with Gasteiger partial charge in [0.25, 0.3) is 0 Å². The third kappa shape index (κ3) is 2.53. The minimum atomic E-state index is -0.250. The van der Waals surface area contributed by atoms with Gasteiger partial charge in [-0.1, -0.05) is 24.3 Å². The van der Waals surface area contributed by atoms with Gasteiger partial charge in [-0.25, -0.2) is 4.39 Å². The van der Waals surface area contributed by atoms with E-state index in [2.05, 4.69) is 0 Å². The summed E-state index contributed by atoms with van der Waals surface area (Å²) in [7, 11) is 0. The number of nitrogens with two attached hydrogens (primary N) is 1. The van der Waals surface area contributed by atoms with Gasteiger partial charge in [0.15, 0.2) is 5.78 Å². The number of Topliss-reactive ketones (excluding diaryl/α,β-unsaturated/α-hetero) is 1. The van der Waals surface area contributed by atoms with E-state index in [0.29, 0.717) is 24.3 Å². The number of fused-ring (bicyclic) bond motifs is 1. The van der Waals surface area contributed by atoms with Crippen molar-refractivity contribution in [2.24, 2.45) is 11.7 Å². The van der Waals surface area contributed by atoms with E-state index in [4.69, 9.17) is 10.5 Å². The quantitative estimate of drug-likeness (QED) is 0.881. The molecule has 0 aromatic heterocycles. The smallest absolute Gasteiger partial charge is 0.165 e. The first-order chi connectivity index (χ1) is 11.2. The van der Waals surface area contributed by atoms with Crippen molar-refractivity contribution < 1.29 is 13.9 Å². The molecule has 0 amide bonds. The van der Waals surface area contributed by atoms with Gasteiger partial charge in [0, 0.05) is 35.6 Å². The Labute approximate surface area is 134 Å². The van der Waals surface area contributed by atoms with Crippen LogP contribution in [0.2, 0.25) is 0 Å². The predicted octanol–water partition coefficient (Wildman–Crippen LogP) is 3.35. The SMILES string of the molecule is NCC1Cc2c(F)ccc(-c3ccc(C(=O)C4CC4)cc3)c2O1. The van der Waals surface area contributed by atoms with Gasteiger partial charge < -0.3 is 10.5 Å². The third-order valence-electron chi connectivity index (χ3n) is 4.61. The summed E-state index contributed by atoms with van der Waals surface area (Å²) in [5, 5.41) is 0. The Morgan fingerprint density at radius 3 is 2.57 bits per heavy atom. The Balaban J connectivity index is 1.69. The summed E-state index contributed by atoms with van der Waals surface area (Å²) in [6.07, 6.45) is 2.33. The first-order valence-electron chi connectivity index (χ1n) is 8.00. The van der Waals surface area contributed by atoms with Crippen molar-refractivity contribution in [3.05, 3.63) is 53.3 Å². The zero-order chi connectivity index (χ0) is 16.0. The van der Waals surface area contributed by atoms with Gasteiger partial charge in [-0.3, -0.25) is 4.79 Å². The fourth-order valence-electron chi connectivity index (χ4n) is 3.12. The average molecular weight is 311 g/mol. The highest BCUT2D eigenvalue weighted by Gasteiger charge is 2.31. The van der Waals surface area contributed by atoms with Crippen LogP contribution in [0.1, 0.15) is 28.8 Å². The second-order valence-electron chi connectivity index (χ2n) is 6.30.